The molecule has 0 bridgehead atoms. The van der Waals surface area contributed by atoms with E-state index in [2.05, 4.69) is 43.5 Å². The molecule has 0 atom stereocenters. The standard InChI is InChI=1S/C20H21N7/c21-10-18-9-19-15-26(7-4-8-27(19)25-18)14-17-12-23-20(24-13-17)22-11-16-5-2-1-3-6-16/h1-3,5-6,9,12-13H,4,7-8,11,14-15H2,(H,22,23,24). The van der Waals surface area contributed by atoms with Crippen LogP contribution in [0.2, 0.25) is 0 Å². The Bertz CT molecular complexity index is 925. The Labute approximate surface area is 158 Å². The maximum atomic E-state index is 9.04. The van der Waals surface area contributed by atoms with Gasteiger partial charge in [-0.25, -0.2) is 9.97 Å². The molecule has 1 aromatic carbocycles. The zero-order valence-corrected chi connectivity index (χ0v) is 15.0. The van der Waals surface area contributed by atoms with Gasteiger partial charge in [-0.3, -0.25) is 9.58 Å². The van der Waals surface area contributed by atoms with Crippen LogP contribution in [0, 0.1) is 11.3 Å². The van der Waals surface area contributed by atoms with Crippen molar-refractivity contribution in [1.82, 2.24) is 24.6 Å². The summed E-state index contributed by atoms with van der Waals surface area (Å²) in [4.78, 5) is 11.2. The largest absolute Gasteiger partial charge is 0.350 e. The maximum absolute atomic E-state index is 9.04. The number of nitrogens with zero attached hydrogens (tertiary/aromatic N) is 6. The highest BCUT2D eigenvalue weighted by Crippen LogP contribution is 2.16. The van der Waals surface area contributed by atoms with Crippen LogP contribution in [0.1, 0.15) is 28.9 Å². The lowest BCUT2D eigenvalue weighted by Gasteiger charge is -2.19. The van der Waals surface area contributed by atoms with Gasteiger partial charge in [-0.1, -0.05) is 30.3 Å². The Balaban J connectivity index is 1.36. The summed E-state index contributed by atoms with van der Waals surface area (Å²) in [7, 11) is 0. The van der Waals surface area contributed by atoms with E-state index in [1.54, 1.807) is 0 Å². The Morgan fingerprint density at radius 1 is 1.07 bits per heavy atom. The SMILES string of the molecule is N#Cc1cc2n(n1)CCCN(Cc1cnc(NCc3ccccc3)nc1)C2. The molecule has 0 aliphatic carbocycles. The van der Waals surface area contributed by atoms with E-state index >= 15 is 0 Å². The highest BCUT2D eigenvalue weighted by Gasteiger charge is 2.17. The van der Waals surface area contributed by atoms with Crippen LogP contribution < -0.4 is 5.32 Å². The van der Waals surface area contributed by atoms with Crippen molar-refractivity contribution in [3.05, 3.63) is 71.3 Å². The molecule has 3 aromatic rings. The third kappa shape index (κ3) is 4.30. The summed E-state index contributed by atoms with van der Waals surface area (Å²) in [6.07, 6.45) is 4.77. The number of fused-ring (bicyclic) bond motifs is 1. The van der Waals surface area contributed by atoms with Crippen LogP contribution in [0.5, 0.6) is 0 Å². The van der Waals surface area contributed by atoms with Crippen LogP contribution in [-0.4, -0.2) is 31.2 Å². The summed E-state index contributed by atoms with van der Waals surface area (Å²) in [6.45, 7) is 4.11. The summed E-state index contributed by atoms with van der Waals surface area (Å²) in [5.41, 5.74) is 3.85. The fourth-order valence-electron chi connectivity index (χ4n) is 3.28. The van der Waals surface area contributed by atoms with E-state index < -0.39 is 0 Å². The third-order valence-corrected chi connectivity index (χ3v) is 4.61. The number of nitriles is 1. The molecule has 1 aliphatic rings. The fourth-order valence-corrected chi connectivity index (χ4v) is 3.28. The molecule has 1 aliphatic heterocycles. The monoisotopic (exact) mass is 359 g/mol. The quantitative estimate of drug-likeness (QED) is 0.754. The maximum Gasteiger partial charge on any atom is 0.222 e. The van der Waals surface area contributed by atoms with Crippen LogP contribution in [0.3, 0.4) is 0 Å². The molecule has 1 N–H and O–H groups in total. The van der Waals surface area contributed by atoms with Crippen molar-refractivity contribution in [2.75, 3.05) is 11.9 Å². The smallest absolute Gasteiger partial charge is 0.222 e. The lowest BCUT2D eigenvalue weighted by Crippen LogP contribution is -2.23. The summed E-state index contributed by atoms with van der Waals surface area (Å²) in [5, 5.41) is 16.6. The van der Waals surface area contributed by atoms with E-state index in [0.29, 0.717) is 18.2 Å². The van der Waals surface area contributed by atoms with Gasteiger partial charge in [-0.15, -0.1) is 0 Å². The second-order valence-electron chi connectivity index (χ2n) is 6.67. The van der Waals surface area contributed by atoms with Gasteiger partial charge in [-0.05, 0) is 18.1 Å². The summed E-state index contributed by atoms with van der Waals surface area (Å²) in [6, 6.07) is 14.2. The summed E-state index contributed by atoms with van der Waals surface area (Å²) in [5.74, 6) is 0.634. The van der Waals surface area contributed by atoms with E-state index in [1.807, 2.05) is 41.3 Å². The number of benzene rings is 1. The molecular weight excluding hydrogens is 338 g/mol. The minimum absolute atomic E-state index is 0.490. The van der Waals surface area contributed by atoms with Crippen molar-refractivity contribution in [3.8, 4) is 6.07 Å². The van der Waals surface area contributed by atoms with Gasteiger partial charge in [-0.2, -0.15) is 10.4 Å². The summed E-state index contributed by atoms with van der Waals surface area (Å²) >= 11 is 0. The third-order valence-electron chi connectivity index (χ3n) is 4.61. The Morgan fingerprint density at radius 3 is 2.67 bits per heavy atom. The first-order chi connectivity index (χ1) is 13.3. The van der Waals surface area contributed by atoms with Crippen molar-refractivity contribution in [3.63, 3.8) is 0 Å². The van der Waals surface area contributed by atoms with E-state index in [9.17, 15) is 0 Å². The first-order valence-corrected chi connectivity index (χ1v) is 9.08. The molecular formula is C20H21N7. The molecule has 27 heavy (non-hydrogen) atoms. The number of anilines is 1. The molecule has 3 heterocycles. The minimum atomic E-state index is 0.490. The molecule has 7 heteroatoms. The Morgan fingerprint density at radius 2 is 1.89 bits per heavy atom. The highest BCUT2D eigenvalue weighted by molar-refractivity contribution is 5.28. The first-order valence-electron chi connectivity index (χ1n) is 9.08. The predicted octanol–water partition coefficient (Wildman–Crippen LogP) is 2.56. The van der Waals surface area contributed by atoms with Gasteiger partial charge in [0.15, 0.2) is 5.69 Å². The summed E-state index contributed by atoms with van der Waals surface area (Å²) < 4.78 is 1.95. The van der Waals surface area contributed by atoms with E-state index in [0.717, 1.165) is 43.9 Å². The van der Waals surface area contributed by atoms with Crippen molar-refractivity contribution in [2.45, 2.75) is 32.6 Å². The van der Waals surface area contributed by atoms with Crippen molar-refractivity contribution in [2.24, 2.45) is 0 Å². The lowest BCUT2D eigenvalue weighted by atomic mass is 10.2. The average molecular weight is 359 g/mol. The normalized spacial score (nSPS) is 14.2. The van der Waals surface area contributed by atoms with Gasteiger partial charge in [0.05, 0.1) is 5.69 Å². The predicted molar refractivity (Wildman–Crippen MR) is 101 cm³/mol. The van der Waals surface area contributed by atoms with Crippen molar-refractivity contribution >= 4 is 5.95 Å². The molecule has 0 amide bonds. The van der Waals surface area contributed by atoms with Gasteiger partial charge < -0.3 is 5.32 Å². The molecule has 0 radical (unpaired) electrons. The van der Waals surface area contributed by atoms with Gasteiger partial charge in [0, 0.05) is 50.7 Å². The molecule has 0 saturated heterocycles. The van der Waals surface area contributed by atoms with Gasteiger partial charge in [0.2, 0.25) is 5.95 Å². The second kappa shape index (κ2) is 7.98. The number of hydrogen-bond acceptors (Lipinski definition) is 6. The van der Waals surface area contributed by atoms with Crippen LogP contribution in [0.4, 0.5) is 5.95 Å². The van der Waals surface area contributed by atoms with Crippen LogP contribution in [-0.2, 0) is 26.2 Å². The number of hydrogen-bond donors (Lipinski definition) is 1. The zero-order chi connectivity index (χ0) is 18.5. The molecule has 0 fully saturated rings. The lowest BCUT2D eigenvalue weighted by molar-refractivity contribution is 0.260. The molecule has 0 saturated carbocycles. The zero-order valence-electron chi connectivity index (χ0n) is 15.0. The number of rotatable bonds is 5. The molecule has 7 nitrogen and oxygen atoms in total. The van der Waals surface area contributed by atoms with E-state index in [1.165, 1.54) is 5.56 Å². The van der Waals surface area contributed by atoms with Crippen molar-refractivity contribution < 1.29 is 0 Å². The second-order valence-corrected chi connectivity index (χ2v) is 6.67. The average Bonchev–Trinajstić information content (AvgIpc) is 3.00. The van der Waals surface area contributed by atoms with Crippen LogP contribution >= 0.6 is 0 Å². The molecule has 0 spiro atoms. The Kier molecular flexibility index (Phi) is 5.08. The van der Waals surface area contributed by atoms with Gasteiger partial charge in [0.1, 0.15) is 6.07 Å². The topological polar surface area (TPSA) is 82.7 Å². The van der Waals surface area contributed by atoms with Crippen LogP contribution in [0.15, 0.2) is 48.8 Å². The number of aryl methyl sites for hydroxylation is 1. The number of aromatic nitrogens is 4. The molecule has 2 aromatic heterocycles. The number of nitrogens with one attached hydrogen (secondary N) is 1. The fraction of sp³-hybridized carbons (Fsp3) is 0.300. The van der Waals surface area contributed by atoms with Crippen molar-refractivity contribution in [1.29, 1.82) is 5.26 Å². The first kappa shape index (κ1) is 17.2. The van der Waals surface area contributed by atoms with Gasteiger partial charge >= 0.3 is 0 Å². The molecule has 136 valence electrons. The Hall–Kier alpha value is -3.24. The molecule has 0 unspecified atom stereocenters. The highest BCUT2D eigenvalue weighted by atomic mass is 15.3. The van der Waals surface area contributed by atoms with E-state index in [-0.39, 0.29) is 0 Å². The van der Waals surface area contributed by atoms with Crippen LogP contribution in [0.25, 0.3) is 0 Å². The molecule has 4 rings (SSSR count). The minimum Gasteiger partial charge on any atom is -0.350 e. The van der Waals surface area contributed by atoms with Gasteiger partial charge in [0.25, 0.3) is 0 Å². The van der Waals surface area contributed by atoms with E-state index in [4.69, 9.17) is 5.26 Å².